The molecule has 0 aromatic heterocycles. The smallest absolute Gasteiger partial charge is 0.132 e. The Morgan fingerprint density at radius 3 is 0.826 bits per heavy atom. The quantitative estimate of drug-likeness (QED) is 0.206. The first-order valence-corrected chi connectivity index (χ1v) is 16.0. The summed E-state index contributed by atoms with van der Waals surface area (Å²) in [6, 6.07) is 33.1. The topological polar surface area (TPSA) is 40.5 Å². The second-order valence-electron chi connectivity index (χ2n) is 12.8. The van der Waals surface area contributed by atoms with Crippen molar-refractivity contribution >= 4 is 0 Å². The van der Waals surface area contributed by atoms with Crippen LogP contribution in [0.15, 0.2) is 97.1 Å². The third-order valence-corrected chi connectivity index (χ3v) is 9.55. The van der Waals surface area contributed by atoms with Gasteiger partial charge in [-0.2, -0.15) is 0 Å². The van der Waals surface area contributed by atoms with Gasteiger partial charge in [-0.15, -0.1) is 0 Å². The number of rotatable bonds is 5. The zero-order chi connectivity index (χ0) is 32.9. The van der Waals surface area contributed by atoms with E-state index in [0.29, 0.717) is 0 Å². The average Bonchev–Trinajstić information content (AvgIpc) is 3.00. The fourth-order valence-electron chi connectivity index (χ4n) is 7.48. The van der Waals surface area contributed by atoms with E-state index in [9.17, 15) is 10.2 Å². The fraction of sp³-hybridized carbons (Fsp3) is 0.182. The van der Waals surface area contributed by atoms with Crippen LogP contribution in [-0.4, -0.2) is 10.2 Å². The van der Waals surface area contributed by atoms with Gasteiger partial charge in [0, 0.05) is 22.3 Å². The molecule has 2 N–H and O–H groups in total. The second-order valence-corrected chi connectivity index (χ2v) is 12.8. The van der Waals surface area contributed by atoms with Crippen LogP contribution in [0.2, 0.25) is 0 Å². The molecular weight excluding hydrogens is 560 g/mol. The molecule has 6 aromatic carbocycles. The highest BCUT2D eigenvalue weighted by Gasteiger charge is 2.32. The molecule has 0 radical (unpaired) electrons. The SMILES string of the molecule is Cc1cccc(C)c1-c1c(O)c(-c2c(C)cccc2C)c(-c2c(C)cccc2C)c(-c2ccc(O)cc2)c1-c1c(C)cccc1C. The van der Waals surface area contributed by atoms with Crippen molar-refractivity contribution in [3.8, 4) is 67.1 Å². The van der Waals surface area contributed by atoms with Crippen molar-refractivity contribution in [2.24, 2.45) is 0 Å². The Kier molecular flexibility index (Phi) is 8.08. The van der Waals surface area contributed by atoms with Crippen LogP contribution in [0.3, 0.4) is 0 Å². The lowest BCUT2D eigenvalue weighted by molar-refractivity contribution is 0.475. The standard InChI is InChI=1S/C44H42O2/c1-25-13-9-14-26(2)35(25)40-39(33-21-23-34(45)24-22-33)41(36-27(3)15-10-16-28(36)4)43(38-31(7)19-12-20-32(38)8)44(46)42(40)37-29(5)17-11-18-30(37)6/h9-24,45-46H,1-8H3. The monoisotopic (exact) mass is 602 g/mol. The summed E-state index contributed by atoms with van der Waals surface area (Å²) in [4.78, 5) is 0. The molecule has 0 atom stereocenters. The summed E-state index contributed by atoms with van der Waals surface area (Å²) >= 11 is 0. The summed E-state index contributed by atoms with van der Waals surface area (Å²) in [5.41, 5.74) is 19.0. The number of phenolic OH excluding ortho intramolecular Hbond substituents is 2. The van der Waals surface area contributed by atoms with Gasteiger partial charge in [0.25, 0.3) is 0 Å². The Morgan fingerprint density at radius 2 is 0.543 bits per heavy atom. The van der Waals surface area contributed by atoms with Gasteiger partial charge in [-0.1, -0.05) is 84.9 Å². The van der Waals surface area contributed by atoms with Crippen LogP contribution in [0.25, 0.3) is 55.6 Å². The molecule has 0 bridgehead atoms. The van der Waals surface area contributed by atoms with Crippen LogP contribution in [0, 0.1) is 55.4 Å². The molecule has 0 aliphatic carbocycles. The Balaban J connectivity index is 2.04. The lowest BCUT2D eigenvalue weighted by atomic mass is 9.73. The highest BCUT2D eigenvalue weighted by molar-refractivity contribution is 6.13. The molecule has 0 fully saturated rings. The normalized spacial score (nSPS) is 11.2. The van der Waals surface area contributed by atoms with Crippen LogP contribution >= 0.6 is 0 Å². The van der Waals surface area contributed by atoms with Gasteiger partial charge in [-0.3, -0.25) is 0 Å². The number of phenols is 2. The Hall–Kier alpha value is -5.08. The molecule has 0 unspecified atom stereocenters. The number of hydrogen-bond acceptors (Lipinski definition) is 2. The highest BCUT2D eigenvalue weighted by Crippen LogP contribution is 2.58. The maximum Gasteiger partial charge on any atom is 0.132 e. The van der Waals surface area contributed by atoms with Gasteiger partial charge in [0.1, 0.15) is 11.5 Å². The van der Waals surface area contributed by atoms with E-state index < -0.39 is 0 Å². The number of aryl methyl sites for hydroxylation is 8. The van der Waals surface area contributed by atoms with E-state index in [1.807, 2.05) is 12.1 Å². The zero-order valence-electron chi connectivity index (χ0n) is 28.1. The van der Waals surface area contributed by atoms with Gasteiger partial charge in [-0.25, -0.2) is 0 Å². The predicted octanol–water partition coefficient (Wildman–Crippen LogP) is 11.9. The first kappa shape index (κ1) is 30.9. The van der Waals surface area contributed by atoms with E-state index in [1.54, 1.807) is 12.1 Å². The molecule has 230 valence electrons. The van der Waals surface area contributed by atoms with Crippen LogP contribution in [0.1, 0.15) is 44.5 Å². The highest BCUT2D eigenvalue weighted by atomic mass is 16.3. The number of hydrogen-bond donors (Lipinski definition) is 2. The lowest BCUT2D eigenvalue weighted by Gasteiger charge is -2.30. The van der Waals surface area contributed by atoms with Crippen molar-refractivity contribution in [1.29, 1.82) is 0 Å². The van der Waals surface area contributed by atoms with E-state index in [4.69, 9.17) is 0 Å². The van der Waals surface area contributed by atoms with Crippen LogP contribution in [0.4, 0.5) is 0 Å². The van der Waals surface area contributed by atoms with Gasteiger partial charge < -0.3 is 10.2 Å². The minimum Gasteiger partial charge on any atom is -0.508 e. The Labute approximate surface area is 273 Å². The summed E-state index contributed by atoms with van der Waals surface area (Å²) in [6.07, 6.45) is 0. The second kappa shape index (κ2) is 12.0. The molecule has 6 rings (SSSR count). The molecule has 0 heterocycles. The lowest BCUT2D eigenvalue weighted by Crippen LogP contribution is -2.05. The molecule has 6 aromatic rings. The Bertz CT molecular complexity index is 1920. The van der Waals surface area contributed by atoms with E-state index in [1.165, 1.54) is 0 Å². The predicted molar refractivity (Wildman–Crippen MR) is 195 cm³/mol. The maximum absolute atomic E-state index is 13.1. The first-order valence-electron chi connectivity index (χ1n) is 16.0. The zero-order valence-corrected chi connectivity index (χ0v) is 28.1. The first-order chi connectivity index (χ1) is 22.0. The molecule has 0 amide bonds. The summed E-state index contributed by atoms with van der Waals surface area (Å²) in [7, 11) is 0. The molecule has 0 aliphatic rings. The summed E-state index contributed by atoms with van der Waals surface area (Å²) in [5, 5.41) is 23.6. The molecule has 0 spiro atoms. The van der Waals surface area contributed by atoms with Crippen molar-refractivity contribution in [1.82, 2.24) is 0 Å². The van der Waals surface area contributed by atoms with E-state index in [2.05, 4.69) is 128 Å². The van der Waals surface area contributed by atoms with Crippen molar-refractivity contribution < 1.29 is 10.2 Å². The number of benzene rings is 6. The van der Waals surface area contributed by atoms with E-state index in [-0.39, 0.29) is 11.5 Å². The summed E-state index contributed by atoms with van der Waals surface area (Å²) in [6.45, 7) is 17.2. The van der Waals surface area contributed by atoms with Gasteiger partial charge in [0.05, 0.1) is 0 Å². The minimum atomic E-state index is 0.217. The molecule has 0 aliphatic heterocycles. The van der Waals surface area contributed by atoms with E-state index >= 15 is 0 Å². The molecule has 0 saturated carbocycles. The molecule has 0 saturated heterocycles. The van der Waals surface area contributed by atoms with Crippen LogP contribution in [-0.2, 0) is 0 Å². The van der Waals surface area contributed by atoms with Crippen molar-refractivity contribution in [3.63, 3.8) is 0 Å². The average molecular weight is 603 g/mol. The van der Waals surface area contributed by atoms with Gasteiger partial charge in [0.2, 0.25) is 0 Å². The van der Waals surface area contributed by atoms with Gasteiger partial charge >= 0.3 is 0 Å². The molecule has 2 nitrogen and oxygen atoms in total. The number of aromatic hydroxyl groups is 2. The largest absolute Gasteiger partial charge is 0.508 e. The third-order valence-electron chi connectivity index (χ3n) is 9.55. The van der Waals surface area contributed by atoms with Gasteiger partial charge in [0.15, 0.2) is 0 Å². The van der Waals surface area contributed by atoms with Crippen molar-refractivity contribution in [2.45, 2.75) is 55.4 Å². The van der Waals surface area contributed by atoms with E-state index in [0.717, 1.165) is 100 Å². The molecule has 46 heavy (non-hydrogen) atoms. The fourth-order valence-corrected chi connectivity index (χ4v) is 7.48. The van der Waals surface area contributed by atoms with Crippen molar-refractivity contribution in [3.05, 3.63) is 142 Å². The summed E-state index contributed by atoms with van der Waals surface area (Å²) < 4.78 is 0. The molecular formula is C44H42O2. The van der Waals surface area contributed by atoms with Crippen LogP contribution in [0.5, 0.6) is 11.5 Å². The van der Waals surface area contributed by atoms with Gasteiger partial charge in [-0.05, 0) is 145 Å². The minimum absolute atomic E-state index is 0.217. The Morgan fingerprint density at radius 1 is 0.283 bits per heavy atom. The maximum atomic E-state index is 13.1. The van der Waals surface area contributed by atoms with Crippen molar-refractivity contribution in [2.75, 3.05) is 0 Å². The summed E-state index contributed by atoms with van der Waals surface area (Å²) in [5.74, 6) is 0.502. The third kappa shape index (κ3) is 5.08. The van der Waals surface area contributed by atoms with Crippen LogP contribution < -0.4 is 0 Å². The molecule has 2 heteroatoms.